The van der Waals surface area contributed by atoms with Gasteiger partial charge in [0.15, 0.2) is 5.13 Å². The van der Waals surface area contributed by atoms with Crippen molar-refractivity contribution < 1.29 is 5.11 Å². The van der Waals surface area contributed by atoms with E-state index in [1.807, 2.05) is 11.6 Å². The Kier molecular flexibility index (Phi) is 4.15. The molecule has 1 aromatic heterocycles. The molecule has 1 N–H and O–H groups in total. The molecule has 90 valence electrons. The van der Waals surface area contributed by atoms with Gasteiger partial charge in [0.25, 0.3) is 0 Å². The van der Waals surface area contributed by atoms with Gasteiger partial charge in [-0.15, -0.1) is 11.3 Å². The van der Waals surface area contributed by atoms with Crippen LogP contribution in [0.1, 0.15) is 6.92 Å². The molecule has 5 heteroatoms. The molecule has 0 saturated carbocycles. The first kappa shape index (κ1) is 11.8. The van der Waals surface area contributed by atoms with Crippen LogP contribution in [0.15, 0.2) is 11.6 Å². The largest absolute Gasteiger partial charge is 0.396 e. The summed E-state index contributed by atoms with van der Waals surface area (Å²) in [5.41, 5.74) is 0. The van der Waals surface area contributed by atoms with Crippen molar-refractivity contribution in [1.29, 1.82) is 0 Å². The zero-order valence-corrected chi connectivity index (χ0v) is 10.5. The van der Waals surface area contributed by atoms with Gasteiger partial charge in [-0.05, 0) is 5.92 Å². The van der Waals surface area contributed by atoms with Crippen LogP contribution in [-0.2, 0) is 0 Å². The molecule has 2 rings (SSSR count). The third-order valence-corrected chi connectivity index (χ3v) is 3.78. The molecule has 0 aliphatic carbocycles. The van der Waals surface area contributed by atoms with Crippen molar-refractivity contribution in [3.63, 3.8) is 0 Å². The van der Waals surface area contributed by atoms with Crippen LogP contribution in [-0.4, -0.2) is 54.3 Å². The Bertz CT molecular complexity index is 296. The maximum Gasteiger partial charge on any atom is 0.185 e. The minimum Gasteiger partial charge on any atom is -0.396 e. The SMILES string of the molecule is CC(CO)CN1CCN(c2nccs2)CC1. The van der Waals surface area contributed by atoms with E-state index in [2.05, 4.69) is 21.7 Å². The maximum atomic E-state index is 9.02. The number of thiazole rings is 1. The van der Waals surface area contributed by atoms with Gasteiger partial charge in [0, 0.05) is 50.9 Å². The monoisotopic (exact) mass is 241 g/mol. The molecule has 0 amide bonds. The summed E-state index contributed by atoms with van der Waals surface area (Å²) in [7, 11) is 0. The predicted octanol–water partition coefficient (Wildman–Crippen LogP) is 0.893. The fraction of sp³-hybridized carbons (Fsp3) is 0.727. The Hall–Kier alpha value is -0.650. The van der Waals surface area contributed by atoms with Crippen LogP contribution in [0, 0.1) is 5.92 Å². The average Bonchev–Trinajstić information content (AvgIpc) is 2.83. The van der Waals surface area contributed by atoms with Crippen LogP contribution >= 0.6 is 11.3 Å². The standard InChI is InChI=1S/C11H19N3OS/c1-10(9-15)8-13-3-5-14(6-4-13)11-12-2-7-16-11/h2,7,10,15H,3-6,8-9H2,1H3. The van der Waals surface area contributed by atoms with Gasteiger partial charge in [-0.2, -0.15) is 0 Å². The quantitative estimate of drug-likeness (QED) is 0.850. The highest BCUT2D eigenvalue weighted by Crippen LogP contribution is 2.19. The fourth-order valence-corrected chi connectivity index (χ4v) is 2.69. The van der Waals surface area contributed by atoms with Crippen molar-refractivity contribution in [3.05, 3.63) is 11.6 Å². The molecule has 16 heavy (non-hydrogen) atoms. The third kappa shape index (κ3) is 2.93. The van der Waals surface area contributed by atoms with E-state index in [9.17, 15) is 0 Å². The lowest BCUT2D eigenvalue weighted by molar-refractivity contribution is 0.167. The van der Waals surface area contributed by atoms with E-state index >= 15 is 0 Å². The minimum absolute atomic E-state index is 0.284. The van der Waals surface area contributed by atoms with Gasteiger partial charge in [-0.3, -0.25) is 4.90 Å². The molecule has 0 bridgehead atoms. The first-order chi connectivity index (χ1) is 7.79. The van der Waals surface area contributed by atoms with Gasteiger partial charge in [0.05, 0.1) is 0 Å². The molecule has 1 atom stereocenters. The highest BCUT2D eigenvalue weighted by atomic mass is 32.1. The van der Waals surface area contributed by atoms with Gasteiger partial charge >= 0.3 is 0 Å². The first-order valence-corrected chi connectivity index (χ1v) is 6.65. The van der Waals surface area contributed by atoms with Crippen LogP contribution in [0.3, 0.4) is 0 Å². The van der Waals surface area contributed by atoms with Crippen LogP contribution in [0.2, 0.25) is 0 Å². The lowest BCUT2D eigenvalue weighted by Gasteiger charge is -2.35. The van der Waals surface area contributed by atoms with E-state index in [1.54, 1.807) is 11.3 Å². The van der Waals surface area contributed by atoms with Crippen molar-refractivity contribution in [1.82, 2.24) is 9.88 Å². The van der Waals surface area contributed by atoms with Gasteiger partial charge in [0.2, 0.25) is 0 Å². The number of anilines is 1. The summed E-state index contributed by atoms with van der Waals surface area (Å²) in [6.07, 6.45) is 1.86. The van der Waals surface area contributed by atoms with E-state index in [-0.39, 0.29) is 6.61 Å². The molecular weight excluding hydrogens is 222 g/mol. The van der Waals surface area contributed by atoms with E-state index in [0.717, 1.165) is 37.9 Å². The molecule has 4 nitrogen and oxygen atoms in total. The van der Waals surface area contributed by atoms with Crippen LogP contribution in [0.25, 0.3) is 0 Å². The van der Waals surface area contributed by atoms with Gasteiger partial charge in [0.1, 0.15) is 0 Å². The number of hydrogen-bond donors (Lipinski definition) is 1. The average molecular weight is 241 g/mol. The Morgan fingerprint density at radius 1 is 1.44 bits per heavy atom. The smallest absolute Gasteiger partial charge is 0.185 e. The zero-order valence-electron chi connectivity index (χ0n) is 9.67. The molecule has 1 fully saturated rings. The van der Waals surface area contributed by atoms with Crippen molar-refractivity contribution in [3.8, 4) is 0 Å². The summed E-state index contributed by atoms with van der Waals surface area (Å²) in [6, 6.07) is 0. The summed E-state index contributed by atoms with van der Waals surface area (Å²) in [6.45, 7) is 7.62. The van der Waals surface area contributed by atoms with Gasteiger partial charge in [-0.25, -0.2) is 4.98 Å². The maximum absolute atomic E-state index is 9.02. The summed E-state index contributed by atoms with van der Waals surface area (Å²) < 4.78 is 0. The molecule has 1 aromatic rings. The molecular formula is C11H19N3OS. The second kappa shape index (κ2) is 5.61. The number of piperazine rings is 1. The van der Waals surface area contributed by atoms with Crippen molar-refractivity contribution in [2.45, 2.75) is 6.92 Å². The normalized spacial score (nSPS) is 20.0. The number of aliphatic hydroxyl groups is 1. The Morgan fingerprint density at radius 2 is 2.19 bits per heavy atom. The molecule has 0 spiro atoms. The van der Waals surface area contributed by atoms with Crippen molar-refractivity contribution in [2.24, 2.45) is 5.92 Å². The highest BCUT2D eigenvalue weighted by Gasteiger charge is 2.19. The van der Waals surface area contributed by atoms with Crippen LogP contribution in [0.4, 0.5) is 5.13 Å². The minimum atomic E-state index is 0.284. The second-order valence-corrected chi connectivity index (χ2v) is 5.26. The summed E-state index contributed by atoms with van der Waals surface area (Å²) in [4.78, 5) is 9.09. The molecule has 2 heterocycles. The molecule has 1 aliphatic heterocycles. The summed E-state index contributed by atoms with van der Waals surface area (Å²) in [5, 5.41) is 12.2. The van der Waals surface area contributed by atoms with Crippen molar-refractivity contribution >= 4 is 16.5 Å². The van der Waals surface area contributed by atoms with E-state index in [4.69, 9.17) is 5.11 Å². The van der Waals surface area contributed by atoms with E-state index in [0.29, 0.717) is 5.92 Å². The van der Waals surface area contributed by atoms with Gasteiger partial charge in [-0.1, -0.05) is 6.92 Å². The lowest BCUT2D eigenvalue weighted by atomic mass is 10.1. The predicted molar refractivity (Wildman–Crippen MR) is 67.0 cm³/mol. The molecule has 1 aliphatic rings. The number of aliphatic hydroxyl groups excluding tert-OH is 1. The fourth-order valence-electron chi connectivity index (χ4n) is 1.99. The first-order valence-electron chi connectivity index (χ1n) is 5.77. The Labute approximate surface area is 101 Å². The Balaban J connectivity index is 1.78. The summed E-state index contributed by atoms with van der Waals surface area (Å²) >= 11 is 1.71. The van der Waals surface area contributed by atoms with E-state index < -0.39 is 0 Å². The molecule has 1 unspecified atom stereocenters. The van der Waals surface area contributed by atoms with Crippen LogP contribution in [0.5, 0.6) is 0 Å². The van der Waals surface area contributed by atoms with Crippen LogP contribution < -0.4 is 4.90 Å². The Morgan fingerprint density at radius 3 is 2.75 bits per heavy atom. The molecule has 1 saturated heterocycles. The third-order valence-electron chi connectivity index (χ3n) is 2.94. The second-order valence-electron chi connectivity index (χ2n) is 4.39. The number of aromatic nitrogens is 1. The molecule has 0 radical (unpaired) electrons. The zero-order chi connectivity index (χ0) is 11.4. The number of rotatable bonds is 4. The topological polar surface area (TPSA) is 39.6 Å². The number of hydrogen-bond acceptors (Lipinski definition) is 5. The lowest BCUT2D eigenvalue weighted by Crippen LogP contribution is -2.47. The van der Waals surface area contributed by atoms with Crippen molar-refractivity contribution in [2.75, 3.05) is 44.2 Å². The highest BCUT2D eigenvalue weighted by molar-refractivity contribution is 7.13. The molecule has 0 aromatic carbocycles. The van der Waals surface area contributed by atoms with E-state index in [1.165, 1.54) is 0 Å². The van der Waals surface area contributed by atoms with Gasteiger partial charge < -0.3 is 10.0 Å². The number of nitrogens with zero attached hydrogens (tertiary/aromatic N) is 3. The summed E-state index contributed by atoms with van der Waals surface area (Å²) in [5.74, 6) is 0.381.